The standard InChI is InChI=1S/C17H24N4O3/c1-14(17(22)21-8-10-23-11-9-21)20-6-4-19(5-7-20)13-16-3-2-15(12-18)24-16/h2-3,14H,4-11,13H2,1H3/t14-/m0/s1. The minimum Gasteiger partial charge on any atom is -0.449 e. The molecule has 1 amide bonds. The number of nitriles is 1. The topological polar surface area (TPSA) is 73.0 Å². The number of carbonyl (C=O) groups is 1. The zero-order valence-corrected chi connectivity index (χ0v) is 14.1. The molecule has 0 saturated carbocycles. The molecule has 0 radical (unpaired) electrons. The van der Waals surface area contributed by atoms with Crippen LogP contribution in [-0.4, -0.2) is 79.1 Å². The quantitative estimate of drug-likeness (QED) is 0.800. The summed E-state index contributed by atoms with van der Waals surface area (Å²) in [5.41, 5.74) is 0. The van der Waals surface area contributed by atoms with E-state index in [0.717, 1.165) is 31.9 Å². The zero-order valence-electron chi connectivity index (χ0n) is 14.1. The molecule has 0 N–H and O–H groups in total. The van der Waals surface area contributed by atoms with Gasteiger partial charge < -0.3 is 14.1 Å². The molecule has 0 aromatic carbocycles. The van der Waals surface area contributed by atoms with Crippen molar-refractivity contribution in [1.82, 2.24) is 14.7 Å². The minimum atomic E-state index is -0.0842. The second-order valence-corrected chi connectivity index (χ2v) is 6.30. The van der Waals surface area contributed by atoms with Gasteiger partial charge in [0.05, 0.1) is 25.8 Å². The number of furan rings is 1. The van der Waals surface area contributed by atoms with Crippen molar-refractivity contribution in [3.63, 3.8) is 0 Å². The first kappa shape index (κ1) is 17.0. The molecule has 1 atom stereocenters. The number of hydrogen-bond donors (Lipinski definition) is 0. The molecule has 2 aliphatic rings. The van der Waals surface area contributed by atoms with Crippen LogP contribution in [0.25, 0.3) is 0 Å². The maximum atomic E-state index is 12.6. The number of piperazine rings is 1. The van der Waals surface area contributed by atoms with Crippen LogP contribution >= 0.6 is 0 Å². The van der Waals surface area contributed by atoms with E-state index in [2.05, 4.69) is 9.80 Å². The Morgan fingerprint density at radius 1 is 1.21 bits per heavy atom. The molecule has 7 heteroatoms. The molecular formula is C17H24N4O3. The Morgan fingerprint density at radius 2 is 1.92 bits per heavy atom. The fourth-order valence-corrected chi connectivity index (χ4v) is 3.26. The van der Waals surface area contributed by atoms with Crippen molar-refractivity contribution in [2.75, 3.05) is 52.5 Å². The van der Waals surface area contributed by atoms with Crippen LogP contribution in [0.2, 0.25) is 0 Å². The summed E-state index contributed by atoms with van der Waals surface area (Å²) in [5.74, 6) is 1.38. The summed E-state index contributed by atoms with van der Waals surface area (Å²) >= 11 is 0. The second kappa shape index (κ2) is 7.79. The highest BCUT2D eigenvalue weighted by Crippen LogP contribution is 2.14. The van der Waals surface area contributed by atoms with Crippen LogP contribution in [0.4, 0.5) is 0 Å². The Bertz CT molecular complexity index is 595. The normalized spacial score (nSPS) is 21.4. The smallest absolute Gasteiger partial charge is 0.239 e. The first-order valence-electron chi connectivity index (χ1n) is 8.49. The van der Waals surface area contributed by atoms with E-state index in [1.54, 1.807) is 6.07 Å². The summed E-state index contributed by atoms with van der Waals surface area (Å²) < 4.78 is 10.8. The number of hydrogen-bond acceptors (Lipinski definition) is 6. The predicted molar refractivity (Wildman–Crippen MR) is 87.1 cm³/mol. The van der Waals surface area contributed by atoms with Crippen molar-refractivity contribution in [2.24, 2.45) is 0 Å². The lowest BCUT2D eigenvalue weighted by Gasteiger charge is -2.39. The van der Waals surface area contributed by atoms with Gasteiger partial charge in [-0.15, -0.1) is 0 Å². The third kappa shape index (κ3) is 3.96. The van der Waals surface area contributed by atoms with Gasteiger partial charge >= 0.3 is 0 Å². The number of rotatable bonds is 4. The number of amides is 1. The van der Waals surface area contributed by atoms with Crippen LogP contribution in [0.3, 0.4) is 0 Å². The van der Waals surface area contributed by atoms with Gasteiger partial charge in [0.15, 0.2) is 0 Å². The largest absolute Gasteiger partial charge is 0.449 e. The number of morpholine rings is 1. The molecule has 0 bridgehead atoms. The molecule has 24 heavy (non-hydrogen) atoms. The van der Waals surface area contributed by atoms with E-state index in [-0.39, 0.29) is 11.9 Å². The SMILES string of the molecule is C[C@@H](C(=O)N1CCOCC1)N1CCN(Cc2ccc(C#N)o2)CC1. The van der Waals surface area contributed by atoms with Gasteiger partial charge in [-0.25, -0.2) is 0 Å². The molecule has 0 spiro atoms. The number of ether oxygens (including phenoxy) is 1. The lowest BCUT2D eigenvalue weighted by atomic mass is 10.2. The third-order valence-corrected chi connectivity index (χ3v) is 4.79. The summed E-state index contributed by atoms with van der Waals surface area (Å²) in [4.78, 5) is 19.0. The Hall–Kier alpha value is -1.88. The van der Waals surface area contributed by atoms with Gasteiger partial charge in [0.2, 0.25) is 11.7 Å². The van der Waals surface area contributed by atoms with Crippen LogP contribution in [0, 0.1) is 11.3 Å². The summed E-state index contributed by atoms with van der Waals surface area (Å²) in [7, 11) is 0. The van der Waals surface area contributed by atoms with E-state index in [0.29, 0.717) is 38.6 Å². The molecule has 0 unspecified atom stereocenters. The average molecular weight is 332 g/mol. The zero-order chi connectivity index (χ0) is 16.9. The van der Waals surface area contributed by atoms with Crippen LogP contribution in [0.1, 0.15) is 18.4 Å². The third-order valence-electron chi connectivity index (χ3n) is 4.79. The van der Waals surface area contributed by atoms with Crippen molar-refractivity contribution in [3.8, 4) is 6.07 Å². The van der Waals surface area contributed by atoms with Gasteiger partial charge in [-0.1, -0.05) is 0 Å². The Morgan fingerprint density at radius 3 is 2.54 bits per heavy atom. The molecule has 3 rings (SSSR count). The van der Waals surface area contributed by atoms with Crippen LogP contribution < -0.4 is 0 Å². The predicted octanol–water partition coefficient (Wildman–Crippen LogP) is 0.516. The van der Waals surface area contributed by atoms with Crippen molar-refractivity contribution in [3.05, 3.63) is 23.7 Å². The molecule has 0 aliphatic carbocycles. The fraction of sp³-hybridized carbons (Fsp3) is 0.647. The van der Waals surface area contributed by atoms with Crippen molar-refractivity contribution < 1.29 is 13.9 Å². The number of carbonyl (C=O) groups excluding carboxylic acids is 1. The van der Waals surface area contributed by atoms with Gasteiger partial charge in [-0.2, -0.15) is 5.26 Å². The monoisotopic (exact) mass is 332 g/mol. The van der Waals surface area contributed by atoms with E-state index in [1.165, 1.54) is 0 Å². The first-order chi connectivity index (χ1) is 11.7. The molecule has 1 aromatic heterocycles. The van der Waals surface area contributed by atoms with Crippen molar-refractivity contribution in [1.29, 1.82) is 5.26 Å². The van der Waals surface area contributed by atoms with Crippen LogP contribution in [0.15, 0.2) is 16.5 Å². The van der Waals surface area contributed by atoms with Gasteiger partial charge in [-0.05, 0) is 19.1 Å². The number of nitrogens with zero attached hydrogens (tertiary/aromatic N) is 4. The molecule has 7 nitrogen and oxygen atoms in total. The Balaban J connectivity index is 1.47. The summed E-state index contributed by atoms with van der Waals surface area (Å²) in [6.45, 7) is 8.89. The van der Waals surface area contributed by atoms with Crippen molar-refractivity contribution >= 4 is 5.91 Å². The lowest BCUT2D eigenvalue weighted by molar-refractivity contribution is -0.141. The molecule has 2 aliphatic heterocycles. The first-order valence-corrected chi connectivity index (χ1v) is 8.49. The molecule has 3 heterocycles. The van der Waals surface area contributed by atoms with Gasteiger partial charge in [0.1, 0.15) is 11.8 Å². The maximum absolute atomic E-state index is 12.6. The molecule has 1 aromatic rings. The molecule has 130 valence electrons. The highest BCUT2D eigenvalue weighted by Gasteiger charge is 2.29. The Labute approximate surface area is 142 Å². The summed E-state index contributed by atoms with van der Waals surface area (Å²) in [5, 5.41) is 8.80. The highest BCUT2D eigenvalue weighted by molar-refractivity contribution is 5.81. The molecular weight excluding hydrogens is 308 g/mol. The Kier molecular flexibility index (Phi) is 5.51. The average Bonchev–Trinajstić information content (AvgIpc) is 3.09. The van der Waals surface area contributed by atoms with E-state index in [1.807, 2.05) is 24.0 Å². The maximum Gasteiger partial charge on any atom is 0.239 e. The highest BCUT2D eigenvalue weighted by atomic mass is 16.5. The second-order valence-electron chi connectivity index (χ2n) is 6.30. The van der Waals surface area contributed by atoms with Gasteiger partial charge in [-0.3, -0.25) is 14.6 Å². The van der Waals surface area contributed by atoms with Crippen LogP contribution in [-0.2, 0) is 16.1 Å². The molecule has 2 saturated heterocycles. The van der Waals surface area contributed by atoms with Gasteiger partial charge in [0, 0.05) is 39.3 Å². The fourth-order valence-electron chi connectivity index (χ4n) is 3.26. The molecule has 2 fully saturated rings. The van der Waals surface area contributed by atoms with E-state index < -0.39 is 0 Å². The van der Waals surface area contributed by atoms with E-state index in [9.17, 15) is 4.79 Å². The van der Waals surface area contributed by atoms with Gasteiger partial charge in [0.25, 0.3) is 0 Å². The minimum absolute atomic E-state index is 0.0842. The van der Waals surface area contributed by atoms with Crippen LogP contribution in [0.5, 0.6) is 0 Å². The summed E-state index contributed by atoms with van der Waals surface area (Å²) in [6.07, 6.45) is 0. The summed E-state index contributed by atoms with van der Waals surface area (Å²) in [6, 6.07) is 5.48. The lowest BCUT2D eigenvalue weighted by Crippen LogP contribution is -2.55. The van der Waals surface area contributed by atoms with E-state index >= 15 is 0 Å². The van der Waals surface area contributed by atoms with E-state index in [4.69, 9.17) is 14.4 Å². The van der Waals surface area contributed by atoms with Crippen molar-refractivity contribution in [2.45, 2.75) is 19.5 Å².